The smallest absolute Gasteiger partial charge is 0.254 e. The molecule has 0 radical (unpaired) electrons. The third-order valence-corrected chi connectivity index (χ3v) is 4.01. The van der Waals surface area contributed by atoms with Crippen LogP contribution in [0.4, 0.5) is 4.39 Å². The number of carbonyl (C=O) groups excluding carboxylic acids is 1. The fourth-order valence-electron chi connectivity index (χ4n) is 2.71. The Morgan fingerprint density at radius 3 is 2.81 bits per heavy atom. The largest absolute Gasteiger partial charge is 0.384 e. The molecule has 0 atom stereocenters. The Hall–Kier alpha value is -1.86. The van der Waals surface area contributed by atoms with Crippen molar-refractivity contribution in [2.45, 2.75) is 32.6 Å². The number of halogens is 1. The van der Waals surface area contributed by atoms with E-state index in [0.29, 0.717) is 12.1 Å². The highest BCUT2D eigenvalue weighted by Gasteiger charge is 2.29. The second-order valence-electron chi connectivity index (χ2n) is 5.85. The highest BCUT2D eigenvalue weighted by molar-refractivity contribution is 5.94. The summed E-state index contributed by atoms with van der Waals surface area (Å²) in [4.78, 5) is 12.1. The fourth-order valence-corrected chi connectivity index (χ4v) is 2.71. The molecule has 0 aliphatic heterocycles. The quantitative estimate of drug-likeness (QED) is 0.840. The van der Waals surface area contributed by atoms with E-state index in [1.54, 1.807) is 0 Å². The maximum absolute atomic E-state index is 13.8. The summed E-state index contributed by atoms with van der Waals surface area (Å²) in [6.45, 7) is 2.45. The summed E-state index contributed by atoms with van der Waals surface area (Å²) in [6, 6.07) is 4.14. The summed E-state index contributed by atoms with van der Waals surface area (Å²) in [5.41, 5.74) is 0.643. The minimum atomic E-state index is -0.557. The van der Waals surface area contributed by atoms with Crippen LogP contribution in [-0.4, -0.2) is 24.2 Å². The van der Waals surface area contributed by atoms with Crippen molar-refractivity contribution < 1.29 is 14.3 Å². The molecule has 21 heavy (non-hydrogen) atoms. The zero-order valence-electron chi connectivity index (χ0n) is 12.2. The average Bonchev–Trinajstić information content (AvgIpc) is 2.91. The normalized spacial score (nSPS) is 16.1. The average molecular weight is 289 g/mol. The van der Waals surface area contributed by atoms with Crippen LogP contribution in [0.5, 0.6) is 0 Å². The SMILES string of the molecule is CC1(CNC(=O)c2cc(C#CCO)ccc2F)CCCC1. The molecule has 112 valence electrons. The van der Waals surface area contributed by atoms with Gasteiger partial charge in [-0.2, -0.15) is 0 Å². The summed E-state index contributed by atoms with van der Waals surface area (Å²) in [6.07, 6.45) is 4.56. The molecule has 2 rings (SSSR count). The van der Waals surface area contributed by atoms with Gasteiger partial charge in [-0.15, -0.1) is 0 Å². The lowest BCUT2D eigenvalue weighted by molar-refractivity contribution is 0.0930. The molecule has 1 fully saturated rings. The maximum Gasteiger partial charge on any atom is 0.254 e. The van der Waals surface area contributed by atoms with Gasteiger partial charge in [0.15, 0.2) is 0 Å². The van der Waals surface area contributed by atoms with Gasteiger partial charge in [-0.25, -0.2) is 4.39 Å². The molecule has 0 saturated heterocycles. The van der Waals surface area contributed by atoms with Crippen molar-refractivity contribution in [1.29, 1.82) is 0 Å². The van der Waals surface area contributed by atoms with Gasteiger partial charge in [0.1, 0.15) is 12.4 Å². The van der Waals surface area contributed by atoms with Crippen LogP contribution in [0.25, 0.3) is 0 Å². The molecule has 0 bridgehead atoms. The first-order valence-corrected chi connectivity index (χ1v) is 7.22. The third-order valence-electron chi connectivity index (χ3n) is 4.01. The summed E-state index contributed by atoms with van der Waals surface area (Å²) < 4.78 is 13.8. The van der Waals surface area contributed by atoms with Crippen molar-refractivity contribution in [3.05, 3.63) is 35.1 Å². The van der Waals surface area contributed by atoms with E-state index < -0.39 is 11.7 Å². The monoisotopic (exact) mass is 289 g/mol. The van der Waals surface area contributed by atoms with Gasteiger partial charge in [-0.05, 0) is 36.5 Å². The molecule has 4 heteroatoms. The van der Waals surface area contributed by atoms with E-state index in [9.17, 15) is 9.18 Å². The van der Waals surface area contributed by atoms with Crippen LogP contribution in [0.3, 0.4) is 0 Å². The van der Waals surface area contributed by atoms with Crippen LogP contribution < -0.4 is 5.32 Å². The second-order valence-corrected chi connectivity index (χ2v) is 5.85. The number of rotatable bonds is 3. The third kappa shape index (κ3) is 4.05. The van der Waals surface area contributed by atoms with Gasteiger partial charge in [-0.3, -0.25) is 4.79 Å². The van der Waals surface area contributed by atoms with Gasteiger partial charge in [0.05, 0.1) is 5.56 Å². The summed E-state index contributed by atoms with van der Waals surface area (Å²) >= 11 is 0. The molecule has 1 aromatic rings. The fraction of sp³-hybridized carbons (Fsp3) is 0.471. The first-order valence-electron chi connectivity index (χ1n) is 7.22. The van der Waals surface area contributed by atoms with Crippen LogP contribution >= 0.6 is 0 Å². The predicted molar refractivity (Wildman–Crippen MR) is 79.3 cm³/mol. The van der Waals surface area contributed by atoms with Crippen molar-refractivity contribution in [2.24, 2.45) is 5.41 Å². The van der Waals surface area contributed by atoms with Crippen molar-refractivity contribution >= 4 is 5.91 Å². The van der Waals surface area contributed by atoms with Crippen molar-refractivity contribution in [1.82, 2.24) is 5.32 Å². The van der Waals surface area contributed by atoms with Crippen LogP contribution in [0, 0.1) is 23.1 Å². The maximum atomic E-state index is 13.8. The lowest BCUT2D eigenvalue weighted by atomic mass is 9.89. The molecule has 2 N–H and O–H groups in total. The van der Waals surface area contributed by atoms with E-state index in [4.69, 9.17) is 5.11 Å². The molecule has 3 nitrogen and oxygen atoms in total. The number of amides is 1. The van der Waals surface area contributed by atoms with Crippen molar-refractivity contribution in [2.75, 3.05) is 13.2 Å². The first kappa shape index (κ1) is 15.5. The molecular weight excluding hydrogens is 269 g/mol. The lowest BCUT2D eigenvalue weighted by Crippen LogP contribution is -2.34. The number of aliphatic hydroxyl groups excluding tert-OH is 1. The number of hydrogen-bond acceptors (Lipinski definition) is 2. The van der Waals surface area contributed by atoms with Crippen molar-refractivity contribution in [3.63, 3.8) is 0 Å². The van der Waals surface area contributed by atoms with Crippen LogP contribution in [0.2, 0.25) is 0 Å². The summed E-state index contributed by atoms with van der Waals surface area (Å²) in [5.74, 6) is 4.19. The topological polar surface area (TPSA) is 49.3 Å². The molecule has 1 aliphatic rings. The minimum Gasteiger partial charge on any atom is -0.384 e. The van der Waals surface area contributed by atoms with Crippen LogP contribution in [-0.2, 0) is 0 Å². The molecule has 0 unspecified atom stereocenters. The number of hydrogen-bond donors (Lipinski definition) is 2. The first-order chi connectivity index (χ1) is 10.0. The Bertz CT molecular complexity index is 580. The number of benzene rings is 1. The van der Waals surface area contributed by atoms with Gasteiger partial charge in [0.2, 0.25) is 0 Å². The minimum absolute atomic E-state index is 0.00124. The zero-order valence-corrected chi connectivity index (χ0v) is 12.2. The van der Waals surface area contributed by atoms with Gasteiger partial charge < -0.3 is 10.4 Å². The lowest BCUT2D eigenvalue weighted by Gasteiger charge is -2.23. The Balaban J connectivity index is 2.07. The van der Waals surface area contributed by atoms with Gasteiger partial charge in [-0.1, -0.05) is 31.6 Å². The Morgan fingerprint density at radius 2 is 2.14 bits per heavy atom. The van der Waals surface area contributed by atoms with Gasteiger partial charge in [0, 0.05) is 12.1 Å². The van der Waals surface area contributed by atoms with E-state index in [0.717, 1.165) is 12.8 Å². The standard InChI is InChI=1S/C17H20FNO2/c1-17(8-2-3-9-17)12-19-16(21)14-11-13(5-4-10-20)6-7-15(14)18/h6-7,11,20H,2-3,8-10,12H2,1H3,(H,19,21). The molecule has 1 aromatic carbocycles. The van der Waals surface area contributed by atoms with E-state index in [-0.39, 0.29) is 17.6 Å². The van der Waals surface area contributed by atoms with Crippen LogP contribution in [0.1, 0.15) is 48.5 Å². The summed E-state index contributed by atoms with van der Waals surface area (Å²) in [7, 11) is 0. The molecule has 1 amide bonds. The highest BCUT2D eigenvalue weighted by atomic mass is 19.1. The van der Waals surface area contributed by atoms with E-state index in [1.807, 2.05) is 0 Å². The van der Waals surface area contributed by atoms with Gasteiger partial charge >= 0.3 is 0 Å². The van der Waals surface area contributed by atoms with E-state index >= 15 is 0 Å². The Morgan fingerprint density at radius 1 is 1.43 bits per heavy atom. The second kappa shape index (κ2) is 6.73. The molecule has 1 aliphatic carbocycles. The van der Waals surface area contributed by atoms with Gasteiger partial charge in [0.25, 0.3) is 5.91 Å². The van der Waals surface area contributed by atoms with E-state index in [2.05, 4.69) is 24.1 Å². The number of nitrogens with one attached hydrogen (secondary N) is 1. The Labute approximate surface area is 124 Å². The van der Waals surface area contributed by atoms with Crippen molar-refractivity contribution in [3.8, 4) is 11.8 Å². The molecule has 0 spiro atoms. The Kier molecular flexibility index (Phi) is 4.98. The highest BCUT2D eigenvalue weighted by Crippen LogP contribution is 2.36. The zero-order chi connectivity index (χ0) is 15.3. The molecule has 0 aromatic heterocycles. The number of carbonyl (C=O) groups is 1. The molecule has 1 saturated carbocycles. The predicted octanol–water partition coefficient (Wildman–Crippen LogP) is 2.48. The number of aliphatic hydroxyl groups is 1. The van der Waals surface area contributed by atoms with E-state index in [1.165, 1.54) is 31.0 Å². The summed E-state index contributed by atoms with van der Waals surface area (Å²) in [5, 5.41) is 11.5. The molecular formula is C17H20FNO2. The van der Waals surface area contributed by atoms with Crippen LogP contribution in [0.15, 0.2) is 18.2 Å². The molecule has 0 heterocycles.